The number of rotatable bonds is 12. The summed E-state index contributed by atoms with van der Waals surface area (Å²) < 4.78 is 23.5. The molecule has 4 aromatic carbocycles. The number of carboxylic acids is 1. The molecule has 13 nitrogen and oxygen atoms in total. The highest BCUT2D eigenvalue weighted by Crippen LogP contribution is 2.42. The van der Waals surface area contributed by atoms with Gasteiger partial charge in [-0.25, -0.2) is 4.79 Å². The summed E-state index contributed by atoms with van der Waals surface area (Å²) in [5.41, 5.74) is 12.6. The number of nitrogens with two attached hydrogens (primary N) is 1. The van der Waals surface area contributed by atoms with Crippen LogP contribution in [0.2, 0.25) is 0 Å². The van der Waals surface area contributed by atoms with Gasteiger partial charge in [-0.2, -0.15) is 0 Å². The Morgan fingerprint density at radius 2 is 1.18 bits per heavy atom. The quantitative estimate of drug-likeness (QED) is 0.151. The van der Waals surface area contributed by atoms with E-state index in [1.807, 2.05) is 30.5 Å². The van der Waals surface area contributed by atoms with Crippen molar-refractivity contribution in [3.63, 3.8) is 0 Å². The minimum absolute atomic E-state index is 0.165. The van der Waals surface area contributed by atoms with Crippen LogP contribution in [0, 0.1) is 0 Å². The largest absolute Gasteiger partial charge is 0.493 e. The van der Waals surface area contributed by atoms with E-state index in [0.29, 0.717) is 71.3 Å². The summed E-state index contributed by atoms with van der Waals surface area (Å²) >= 11 is 0. The van der Waals surface area contributed by atoms with E-state index in [-0.39, 0.29) is 42.7 Å². The lowest BCUT2D eigenvalue weighted by molar-refractivity contribution is 0.0695. The maximum atomic E-state index is 13.7. The van der Waals surface area contributed by atoms with E-state index < -0.39 is 5.97 Å². The average Bonchev–Trinajstić information content (AvgIpc) is 3.80. The number of nitrogens with zero attached hydrogens (tertiary/aromatic N) is 4. The van der Waals surface area contributed by atoms with Gasteiger partial charge in [-0.3, -0.25) is 19.6 Å². The van der Waals surface area contributed by atoms with Gasteiger partial charge < -0.3 is 39.6 Å². The summed E-state index contributed by atoms with van der Waals surface area (Å²) in [4.78, 5) is 51.5. The van der Waals surface area contributed by atoms with Crippen LogP contribution in [0.25, 0.3) is 11.1 Å². The van der Waals surface area contributed by atoms with Crippen LogP contribution in [-0.2, 0) is 6.54 Å². The first kappa shape index (κ1) is 36.3. The number of hydrogen-bond donors (Lipinski definition) is 2. The molecule has 0 bridgehead atoms. The first-order valence-corrected chi connectivity index (χ1v) is 18.2. The number of hydrogen-bond acceptors (Lipinski definition) is 10. The highest BCUT2D eigenvalue weighted by Gasteiger charge is 2.35. The van der Waals surface area contributed by atoms with Crippen molar-refractivity contribution in [3.05, 3.63) is 119 Å². The fourth-order valence-corrected chi connectivity index (χ4v) is 7.25. The van der Waals surface area contributed by atoms with E-state index in [0.717, 1.165) is 27.8 Å². The zero-order chi connectivity index (χ0) is 38.9. The number of methoxy groups -OCH3 is 2. The SMILES string of the molecule is COc1cc2c(cc1OCCCOc1cc3c(cc1OC)C(=O)N1C=C(c4ccc(C(=O)O)cc4)C[C@H]1C=N3)N=C[C@@H]1CC(c3ccc(CN)cc3)=CN1C2=O. The van der Waals surface area contributed by atoms with Crippen LogP contribution in [0.5, 0.6) is 23.0 Å². The van der Waals surface area contributed by atoms with Gasteiger partial charge in [-0.15, -0.1) is 0 Å². The van der Waals surface area contributed by atoms with E-state index in [2.05, 4.69) is 4.99 Å². The molecule has 0 saturated heterocycles. The van der Waals surface area contributed by atoms with Crippen LogP contribution in [0.1, 0.15) is 67.0 Å². The third kappa shape index (κ3) is 6.88. The number of carboxylic acid groups (broad SMARTS) is 1. The summed E-state index contributed by atoms with van der Waals surface area (Å²) in [6, 6.07) is 20.9. The van der Waals surface area contributed by atoms with E-state index in [1.54, 1.807) is 77.0 Å². The van der Waals surface area contributed by atoms with Gasteiger partial charge in [0, 0.05) is 62.8 Å². The van der Waals surface area contributed by atoms with Crippen molar-refractivity contribution >= 4 is 52.7 Å². The molecule has 2 atom stereocenters. The molecule has 2 amide bonds. The van der Waals surface area contributed by atoms with Crippen LogP contribution in [0.15, 0.2) is 95.2 Å². The van der Waals surface area contributed by atoms with E-state index in [1.165, 1.54) is 14.2 Å². The van der Waals surface area contributed by atoms with Crippen LogP contribution in [-0.4, -0.2) is 84.6 Å². The molecule has 0 saturated carbocycles. The lowest BCUT2D eigenvalue weighted by Crippen LogP contribution is -2.32. The first-order chi connectivity index (χ1) is 27.2. The Labute approximate surface area is 323 Å². The molecule has 4 aliphatic heterocycles. The zero-order valence-corrected chi connectivity index (χ0v) is 30.8. The van der Waals surface area contributed by atoms with Gasteiger partial charge in [0.05, 0.1) is 67.6 Å². The molecular weight excluding hydrogens is 714 g/mol. The van der Waals surface area contributed by atoms with Crippen molar-refractivity contribution in [2.24, 2.45) is 15.7 Å². The molecule has 8 rings (SSSR count). The molecule has 0 spiro atoms. The molecule has 0 aromatic heterocycles. The van der Waals surface area contributed by atoms with Crippen LogP contribution in [0.3, 0.4) is 0 Å². The van der Waals surface area contributed by atoms with Crippen molar-refractivity contribution in [3.8, 4) is 23.0 Å². The van der Waals surface area contributed by atoms with E-state index in [9.17, 15) is 19.5 Å². The van der Waals surface area contributed by atoms with Crippen molar-refractivity contribution in [2.75, 3.05) is 27.4 Å². The Balaban J connectivity index is 0.905. The van der Waals surface area contributed by atoms with Gasteiger partial charge in [0.2, 0.25) is 0 Å². The standard InChI is InChI=1S/C43H39N5O8/c1-53-37-16-33-35(45-21-31-14-29(23-47(31)41(33)49)26-6-4-25(20-44)5-7-26)18-39(37)55-12-3-13-56-40-19-36-34(17-38(40)54-2)42(50)48-24-30(15-32(48)22-46-36)27-8-10-28(11-9-27)43(51)52/h4-11,16-19,21-24,31-32H,3,12-15,20,44H2,1-2H3,(H,51,52)/t31-,32-/m0/s1. The molecule has 13 heteroatoms. The zero-order valence-electron chi connectivity index (χ0n) is 30.8. The number of carbonyl (C=O) groups is 3. The normalized spacial score (nSPS) is 17.9. The van der Waals surface area contributed by atoms with E-state index in [4.69, 9.17) is 29.7 Å². The van der Waals surface area contributed by atoms with Gasteiger partial charge in [-0.1, -0.05) is 36.4 Å². The summed E-state index contributed by atoms with van der Waals surface area (Å²) in [5, 5.41) is 9.24. The lowest BCUT2D eigenvalue weighted by Gasteiger charge is -2.19. The van der Waals surface area contributed by atoms with Crippen molar-refractivity contribution in [1.29, 1.82) is 0 Å². The van der Waals surface area contributed by atoms with Crippen molar-refractivity contribution < 1.29 is 38.4 Å². The summed E-state index contributed by atoms with van der Waals surface area (Å²) in [7, 11) is 3.04. The number of benzene rings is 4. The molecule has 284 valence electrons. The molecule has 4 heterocycles. The number of ether oxygens (including phenoxy) is 4. The predicted octanol–water partition coefficient (Wildman–Crippen LogP) is 6.65. The summed E-state index contributed by atoms with van der Waals surface area (Å²) in [6.45, 7) is 1.03. The highest BCUT2D eigenvalue weighted by atomic mass is 16.5. The first-order valence-electron chi connectivity index (χ1n) is 18.2. The molecule has 0 fully saturated rings. The molecule has 4 aliphatic rings. The predicted molar refractivity (Wildman–Crippen MR) is 211 cm³/mol. The minimum atomic E-state index is -0.994. The second-order valence-corrected chi connectivity index (χ2v) is 13.7. The van der Waals surface area contributed by atoms with Crippen molar-refractivity contribution in [1.82, 2.24) is 9.80 Å². The molecule has 0 aliphatic carbocycles. The average molecular weight is 754 g/mol. The summed E-state index contributed by atoms with van der Waals surface area (Å²) in [5.74, 6) is 0.318. The Kier molecular flexibility index (Phi) is 9.83. The number of aromatic carboxylic acids is 1. The number of amides is 2. The van der Waals surface area contributed by atoms with Gasteiger partial charge in [0.1, 0.15) is 0 Å². The van der Waals surface area contributed by atoms with Gasteiger partial charge in [0.15, 0.2) is 23.0 Å². The second kappa shape index (κ2) is 15.2. The fraction of sp³-hybridized carbons (Fsp3) is 0.233. The number of carbonyl (C=O) groups excluding carboxylic acids is 2. The molecule has 0 unspecified atom stereocenters. The van der Waals surface area contributed by atoms with E-state index >= 15 is 0 Å². The molecule has 0 radical (unpaired) electrons. The Hall–Kier alpha value is -6.73. The Bertz CT molecular complexity index is 2350. The molecule has 56 heavy (non-hydrogen) atoms. The maximum Gasteiger partial charge on any atom is 0.335 e. The third-order valence-electron chi connectivity index (χ3n) is 10.3. The smallest absolute Gasteiger partial charge is 0.335 e. The fourth-order valence-electron chi connectivity index (χ4n) is 7.25. The monoisotopic (exact) mass is 753 g/mol. The maximum absolute atomic E-state index is 13.7. The number of aliphatic imine (C=N–C) groups is 2. The highest BCUT2D eigenvalue weighted by molar-refractivity contribution is 6.06. The van der Waals surface area contributed by atoms with Crippen molar-refractivity contribution in [2.45, 2.75) is 37.9 Å². The third-order valence-corrected chi connectivity index (χ3v) is 10.3. The molecule has 3 N–H and O–H groups in total. The Morgan fingerprint density at radius 1 is 0.714 bits per heavy atom. The van der Waals surface area contributed by atoms with Gasteiger partial charge in [0.25, 0.3) is 11.8 Å². The number of fused-ring (bicyclic) bond motifs is 4. The molecular formula is C43H39N5O8. The lowest BCUT2D eigenvalue weighted by atomic mass is 10.0. The van der Waals surface area contributed by atoms with Crippen LogP contribution >= 0.6 is 0 Å². The second-order valence-electron chi connectivity index (χ2n) is 13.7. The van der Waals surface area contributed by atoms with Gasteiger partial charge >= 0.3 is 5.97 Å². The topological polar surface area (TPSA) is 166 Å². The Morgan fingerprint density at radius 3 is 1.61 bits per heavy atom. The van der Waals surface area contributed by atoms with Gasteiger partial charge in [-0.05, 0) is 52.1 Å². The minimum Gasteiger partial charge on any atom is -0.493 e. The molecule has 4 aromatic rings. The van der Waals surface area contributed by atoms with Crippen LogP contribution in [0.4, 0.5) is 11.4 Å². The summed E-state index contributed by atoms with van der Waals surface area (Å²) in [6.07, 6.45) is 8.93. The van der Waals surface area contributed by atoms with Crippen LogP contribution < -0.4 is 24.7 Å².